The van der Waals surface area contributed by atoms with Crippen molar-refractivity contribution in [3.63, 3.8) is 0 Å². The Hall–Kier alpha value is -1.01. The smallest absolute Gasteiger partial charge is 0.191 e. The number of aliphatic imine (C=N–C) groups is 1. The highest BCUT2D eigenvalue weighted by Gasteiger charge is 2.32. The van der Waals surface area contributed by atoms with Crippen molar-refractivity contribution in [2.75, 3.05) is 66.3 Å². The van der Waals surface area contributed by atoms with Gasteiger partial charge in [-0.2, -0.15) is 0 Å². The predicted molar refractivity (Wildman–Crippen MR) is 131 cm³/mol. The zero-order valence-electron chi connectivity index (χ0n) is 18.6. The molecular formula is C22H36FIN4O3. The first kappa shape index (κ1) is 26.2. The Kier molecular flexibility index (Phi) is 11.4. The molecule has 2 fully saturated rings. The van der Waals surface area contributed by atoms with Crippen LogP contribution in [0.1, 0.15) is 31.4 Å². The van der Waals surface area contributed by atoms with E-state index >= 15 is 0 Å². The number of hydrogen-bond donors (Lipinski definition) is 2. The van der Waals surface area contributed by atoms with Crippen molar-refractivity contribution in [3.05, 3.63) is 35.6 Å². The minimum absolute atomic E-state index is 0. The molecule has 2 aliphatic heterocycles. The highest BCUT2D eigenvalue weighted by atomic mass is 127. The second kappa shape index (κ2) is 13.5. The first-order valence-electron chi connectivity index (χ1n) is 10.9. The molecule has 1 aromatic carbocycles. The molecule has 0 saturated carbocycles. The summed E-state index contributed by atoms with van der Waals surface area (Å²) in [6, 6.07) is 6.88. The van der Waals surface area contributed by atoms with Crippen LogP contribution in [0.2, 0.25) is 0 Å². The van der Waals surface area contributed by atoms with Gasteiger partial charge in [-0.05, 0) is 24.6 Å². The second-order valence-electron chi connectivity index (χ2n) is 7.79. The van der Waals surface area contributed by atoms with Crippen molar-refractivity contribution in [2.24, 2.45) is 4.99 Å². The summed E-state index contributed by atoms with van der Waals surface area (Å²) >= 11 is 0. The fourth-order valence-corrected chi connectivity index (χ4v) is 3.96. The van der Waals surface area contributed by atoms with Crippen molar-refractivity contribution in [1.82, 2.24) is 15.5 Å². The van der Waals surface area contributed by atoms with Gasteiger partial charge in [0.2, 0.25) is 0 Å². The highest BCUT2D eigenvalue weighted by molar-refractivity contribution is 14.0. The van der Waals surface area contributed by atoms with Gasteiger partial charge in [0.1, 0.15) is 5.82 Å². The molecule has 0 aliphatic carbocycles. The summed E-state index contributed by atoms with van der Waals surface area (Å²) < 4.78 is 30.3. The maximum Gasteiger partial charge on any atom is 0.191 e. The number of halogens is 2. The molecule has 1 unspecified atom stereocenters. The second-order valence-corrected chi connectivity index (χ2v) is 7.79. The van der Waals surface area contributed by atoms with E-state index in [1.165, 1.54) is 12.1 Å². The summed E-state index contributed by atoms with van der Waals surface area (Å²) in [5.41, 5.74) is 0.820. The average Bonchev–Trinajstić information content (AvgIpc) is 2.80. The standard InChI is InChI=1S/C22H35FN4O3.HI/c1-3-24-21(26-17-22(28-2)8-12-29-13-9-22)25-16-20(27-10-14-30-15-11-27)18-4-6-19(23)7-5-18;/h4-7,20H,3,8-17H2,1-2H3,(H2,24,25,26);1H. The Morgan fingerprint density at radius 2 is 1.77 bits per heavy atom. The van der Waals surface area contributed by atoms with E-state index in [1.807, 2.05) is 12.1 Å². The highest BCUT2D eigenvalue weighted by Crippen LogP contribution is 2.25. The van der Waals surface area contributed by atoms with E-state index in [-0.39, 0.29) is 41.4 Å². The first-order chi connectivity index (χ1) is 14.7. The van der Waals surface area contributed by atoms with Crippen LogP contribution in [-0.4, -0.2) is 82.7 Å². The van der Waals surface area contributed by atoms with Gasteiger partial charge in [0.15, 0.2) is 5.96 Å². The molecule has 176 valence electrons. The van der Waals surface area contributed by atoms with Gasteiger partial charge in [-0.1, -0.05) is 12.1 Å². The molecule has 0 radical (unpaired) electrons. The minimum atomic E-state index is -0.263. The molecule has 9 heteroatoms. The number of nitrogens with zero attached hydrogens (tertiary/aromatic N) is 2. The van der Waals surface area contributed by atoms with E-state index in [0.29, 0.717) is 39.5 Å². The molecule has 2 heterocycles. The Bertz CT molecular complexity index is 665. The SMILES string of the molecule is CCNC(=NCC1(OC)CCOCC1)NCC(c1ccc(F)cc1)N1CCOCC1.I. The summed E-state index contributed by atoms with van der Waals surface area (Å²) in [5.74, 6) is 0.546. The van der Waals surface area contributed by atoms with Gasteiger partial charge in [0.05, 0.1) is 31.4 Å². The van der Waals surface area contributed by atoms with Crippen LogP contribution in [-0.2, 0) is 14.2 Å². The van der Waals surface area contributed by atoms with Crippen molar-refractivity contribution >= 4 is 29.9 Å². The van der Waals surface area contributed by atoms with Gasteiger partial charge in [-0.3, -0.25) is 9.89 Å². The van der Waals surface area contributed by atoms with Gasteiger partial charge >= 0.3 is 0 Å². The molecule has 1 aromatic rings. The zero-order valence-corrected chi connectivity index (χ0v) is 20.9. The third kappa shape index (κ3) is 7.81. The summed E-state index contributed by atoms with van der Waals surface area (Å²) in [4.78, 5) is 7.19. The fraction of sp³-hybridized carbons (Fsp3) is 0.682. The summed E-state index contributed by atoms with van der Waals surface area (Å²) in [5, 5.41) is 6.82. The van der Waals surface area contributed by atoms with E-state index in [2.05, 4.69) is 22.5 Å². The van der Waals surface area contributed by atoms with Crippen LogP contribution in [0.25, 0.3) is 0 Å². The van der Waals surface area contributed by atoms with Gasteiger partial charge in [-0.15, -0.1) is 24.0 Å². The average molecular weight is 550 g/mol. The number of guanidine groups is 1. The molecule has 2 aliphatic rings. The monoisotopic (exact) mass is 550 g/mol. The molecule has 31 heavy (non-hydrogen) atoms. The molecule has 0 amide bonds. The van der Waals surface area contributed by atoms with Crippen LogP contribution in [0.15, 0.2) is 29.3 Å². The summed E-state index contributed by atoms with van der Waals surface area (Å²) in [7, 11) is 1.75. The lowest BCUT2D eigenvalue weighted by molar-refractivity contribution is -0.0828. The normalized spacial score (nSPS) is 20.5. The molecule has 0 aromatic heterocycles. The van der Waals surface area contributed by atoms with Crippen molar-refractivity contribution in [3.8, 4) is 0 Å². The Morgan fingerprint density at radius 1 is 1.13 bits per heavy atom. The summed E-state index contributed by atoms with van der Waals surface area (Å²) in [6.45, 7) is 8.61. The van der Waals surface area contributed by atoms with Crippen LogP contribution < -0.4 is 10.6 Å². The maximum atomic E-state index is 13.5. The van der Waals surface area contributed by atoms with E-state index in [9.17, 15) is 4.39 Å². The third-order valence-electron chi connectivity index (χ3n) is 5.91. The molecular weight excluding hydrogens is 514 g/mol. The van der Waals surface area contributed by atoms with Gasteiger partial charge in [0.25, 0.3) is 0 Å². The first-order valence-corrected chi connectivity index (χ1v) is 10.9. The van der Waals surface area contributed by atoms with E-state index in [4.69, 9.17) is 19.2 Å². The number of nitrogens with one attached hydrogen (secondary N) is 2. The van der Waals surface area contributed by atoms with Crippen LogP contribution >= 0.6 is 24.0 Å². The molecule has 2 saturated heterocycles. The number of hydrogen-bond acceptors (Lipinski definition) is 5. The fourth-order valence-electron chi connectivity index (χ4n) is 3.96. The Balaban J connectivity index is 0.00000341. The Labute approximate surface area is 202 Å². The number of methoxy groups -OCH3 is 1. The molecule has 0 bridgehead atoms. The van der Waals surface area contributed by atoms with Gasteiger partial charge in [0, 0.05) is 59.3 Å². The van der Waals surface area contributed by atoms with Crippen LogP contribution in [0.3, 0.4) is 0 Å². The Morgan fingerprint density at radius 3 is 2.39 bits per heavy atom. The lowest BCUT2D eigenvalue weighted by Gasteiger charge is -2.36. The number of rotatable bonds is 8. The molecule has 0 spiro atoms. The molecule has 3 rings (SSSR count). The van der Waals surface area contributed by atoms with Crippen molar-refractivity contribution in [2.45, 2.75) is 31.4 Å². The van der Waals surface area contributed by atoms with E-state index in [0.717, 1.165) is 44.0 Å². The van der Waals surface area contributed by atoms with Crippen LogP contribution in [0, 0.1) is 5.82 Å². The predicted octanol–water partition coefficient (Wildman–Crippen LogP) is 2.57. The topological polar surface area (TPSA) is 67.4 Å². The van der Waals surface area contributed by atoms with Crippen molar-refractivity contribution in [1.29, 1.82) is 0 Å². The largest absolute Gasteiger partial charge is 0.381 e. The quantitative estimate of drug-likeness (QED) is 0.295. The number of morpholine rings is 1. The molecule has 2 N–H and O–H groups in total. The van der Waals surface area contributed by atoms with Crippen LogP contribution in [0.4, 0.5) is 4.39 Å². The van der Waals surface area contributed by atoms with Crippen LogP contribution in [0.5, 0.6) is 0 Å². The third-order valence-corrected chi connectivity index (χ3v) is 5.91. The number of benzene rings is 1. The van der Waals surface area contributed by atoms with Gasteiger partial charge in [-0.25, -0.2) is 4.39 Å². The van der Waals surface area contributed by atoms with E-state index in [1.54, 1.807) is 7.11 Å². The lowest BCUT2D eigenvalue weighted by Crippen LogP contribution is -2.47. The minimum Gasteiger partial charge on any atom is -0.381 e. The molecule has 1 atom stereocenters. The van der Waals surface area contributed by atoms with E-state index < -0.39 is 0 Å². The summed E-state index contributed by atoms with van der Waals surface area (Å²) in [6.07, 6.45) is 1.69. The van der Waals surface area contributed by atoms with Gasteiger partial charge < -0.3 is 24.8 Å². The maximum absolute atomic E-state index is 13.5. The lowest BCUT2D eigenvalue weighted by atomic mass is 9.94. The zero-order chi connectivity index (χ0) is 21.2. The number of ether oxygens (including phenoxy) is 3. The van der Waals surface area contributed by atoms with Crippen molar-refractivity contribution < 1.29 is 18.6 Å². The molecule has 7 nitrogen and oxygen atoms in total.